The summed E-state index contributed by atoms with van der Waals surface area (Å²) in [6.07, 6.45) is 7.17. The summed E-state index contributed by atoms with van der Waals surface area (Å²) in [5.74, 6) is -0.866. The van der Waals surface area contributed by atoms with Gasteiger partial charge in [0.1, 0.15) is 0 Å². The first-order valence-electron chi connectivity index (χ1n) is 6.42. The predicted octanol–water partition coefficient (Wildman–Crippen LogP) is 3.61. The van der Waals surface area contributed by atoms with Crippen LogP contribution in [0.2, 0.25) is 0 Å². The van der Waals surface area contributed by atoms with Gasteiger partial charge in [0.2, 0.25) is 0 Å². The number of nitrogens with one attached hydrogen (secondary N) is 1. The highest BCUT2D eigenvalue weighted by Crippen LogP contribution is 2.21. The molecule has 18 heavy (non-hydrogen) atoms. The summed E-state index contributed by atoms with van der Waals surface area (Å²) in [6, 6.07) is 5.39. The van der Waals surface area contributed by atoms with Crippen molar-refractivity contribution in [2.24, 2.45) is 0 Å². The molecule has 0 heterocycles. The summed E-state index contributed by atoms with van der Waals surface area (Å²) in [7, 11) is 0. The van der Waals surface area contributed by atoms with E-state index in [1.165, 1.54) is 19.3 Å². The molecule has 1 aliphatic carbocycles. The minimum Gasteiger partial charge on any atom is -0.478 e. The first-order chi connectivity index (χ1) is 8.66. The molecule has 0 fully saturated rings. The van der Waals surface area contributed by atoms with E-state index in [1.54, 1.807) is 11.6 Å². The maximum absolute atomic E-state index is 10.9. The number of carboxylic acid groups (broad SMARTS) is 1. The van der Waals surface area contributed by atoms with Gasteiger partial charge in [-0.3, -0.25) is 0 Å². The van der Waals surface area contributed by atoms with Crippen LogP contribution in [-0.4, -0.2) is 17.6 Å². The zero-order valence-electron chi connectivity index (χ0n) is 10.7. The van der Waals surface area contributed by atoms with Crippen molar-refractivity contribution >= 4 is 11.7 Å². The van der Waals surface area contributed by atoms with Gasteiger partial charge in [0.15, 0.2) is 0 Å². The van der Waals surface area contributed by atoms with Crippen LogP contribution in [-0.2, 0) is 0 Å². The quantitative estimate of drug-likeness (QED) is 0.779. The Balaban J connectivity index is 1.89. The Kier molecular flexibility index (Phi) is 4.03. The smallest absolute Gasteiger partial charge is 0.335 e. The normalized spacial score (nSPS) is 14.4. The molecule has 3 heteroatoms. The topological polar surface area (TPSA) is 49.3 Å². The number of anilines is 1. The summed E-state index contributed by atoms with van der Waals surface area (Å²) in [5, 5.41) is 12.3. The molecule has 0 radical (unpaired) electrons. The lowest BCUT2D eigenvalue weighted by Gasteiger charge is -2.09. The number of aromatic carboxylic acids is 1. The molecule has 0 spiro atoms. The first kappa shape index (κ1) is 12.7. The SMILES string of the molecule is Cc1cc(NCCC2=CCCC2)ccc1C(=O)O. The molecular weight excluding hydrogens is 226 g/mol. The standard InChI is InChI=1S/C15H19NO2/c1-11-10-13(6-7-14(11)15(17)18)16-9-8-12-4-2-3-5-12/h4,6-7,10,16H,2-3,5,8-9H2,1H3,(H,17,18). The fourth-order valence-corrected chi connectivity index (χ4v) is 2.35. The fourth-order valence-electron chi connectivity index (χ4n) is 2.35. The molecule has 1 aromatic rings. The molecular formula is C15H19NO2. The Morgan fingerprint density at radius 2 is 2.28 bits per heavy atom. The Labute approximate surface area is 108 Å². The number of hydrogen-bond acceptors (Lipinski definition) is 2. The molecule has 3 nitrogen and oxygen atoms in total. The molecule has 0 atom stereocenters. The van der Waals surface area contributed by atoms with Gasteiger partial charge in [0.05, 0.1) is 5.56 Å². The van der Waals surface area contributed by atoms with E-state index in [0.29, 0.717) is 5.56 Å². The van der Waals surface area contributed by atoms with Crippen molar-refractivity contribution in [3.63, 3.8) is 0 Å². The van der Waals surface area contributed by atoms with Gasteiger partial charge in [0.25, 0.3) is 0 Å². The second-order valence-electron chi connectivity index (χ2n) is 4.77. The van der Waals surface area contributed by atoms with Crippen LogP contribution in [0.1, 0.15) is 41.6 Å². The highest BCUT2D eigenvalue weighted by atomic mass is 16.4. The van der Waals surface area contributed by atoms with E-state index in [4.69, 9.17) is 5.11 Å². The largest absolute Gasteiger partial charge is 0.478 e. The van der Waals surface area contributed by atoms with Crippen molar-refractivity contribution in [3.05, 3.63) is 41.0 Å². The lowest BCUT2D eigenvalue weighted by molar-refractivity contribution is 0.0696. The number of aryl methyl sites for hydroxylation is 1. The van der Waals surface area contributed by atoms with Crippen molar-refractivity contribution in [1.29, 1.82) is 0 Å². The molecule has 0 aliphatic heterocycles. The Bertz CT molecular complexity index is 477. The van der Waals surface area contributed by atoms with Crippen LogP contribution < -0.4 is 5.32 Å². The highest BCUT2D eigenvalue weighted by molar-refractivity contribution is 5.89. The summed E-state index contributed by atoms with van der Waals surface area (Å²) in [4.78, 5) is 10.9. The minimum absolute atomic E-state index is 0.374. The second-order valence-corrected chi connectivity index (χ2v) is 4.77. The van der Waals surface area contributed by atoms with E-state index < -0.39 is 5.97 Å². The van der Waals surface area contributed by atoms with Crippen molar-refractivity contribution in [1.82, 2.24) is 0 Å². The number of hydrogen-bond donors (Lipinski definition) is 2. The van der Waals surface area contributed by atoms with Gasteiger partial charge in [-0.05, 0) is 56.4 Å². The van der Waals surface area contributed by atoms with Crippen LogP contribution >= 0.6 is 0 Å². The molecule has 0 saturated carbocycles. The van der Waals surface area contributed by atoms with Crippen LogP contribution in [0.3, 0.4) is 0 Å². The summed E-state index contributed by atoms with van der Waals surface area (Å²) < 4.78 is 0. The van der Waals surface area contributed by atoms with Crippen molar-refractivity contribution in [2.75, 3.05) is 11.9 Å². The molecule has 0 aromatic heterocycles. The molecule has 2 N–H and O–H groups in total. The van der Waals surface area contributed by atoms with E-state index in [2.05, 4.69) is 11.4 Å². The van der Waals surface area contributed by atoms with E-state index >= 15 is 0 Å². The van der Waals surface area contributed by atoms with Gasteiger partial charge in [-0.25, -0.2) is 4.79 Å². The Morgan fingerprint density at radius 1 is 1.44 bits per heavy atom. The van der Waals surface area contributed by atoms with Crippen molar-refractivity contribution in [3.8, 4) is 0 Å². The average molecular weight is 245 g/mol. The third-order valence-corrected chi connectivity index (χ3v) is 3.37. The maximum atomic E-state index is 10.9. The maximum Gasteiger partial charge on any atom is 0.335 e. The zero-order valence-corrected chi connectivity index (χ0v) is 10.7. The number of allylic oxidation sites excluding steroid dienone is 1. The van der Waals surface area contributed by atoms with E-state index in [1.807, 2.05) is 19.1 Å². The van der Waals surface area contributed by atoms with Crippen LogP contribution in [0.15, 0.2) is 29.8 Å². The van der Waals surface area contributed by atoms with Crippen LogP contribution in [0.5, 0.6) is 0 Å². The monoisotopic (exact) mass is 245 g/mol. The van der Waals surface area contributed by atoms with Crippen LogP contribution in [0, 0.1) is 6.92 Å². The molecule has 1 aromatic carbocycles. The molecule has 0 bridgehead atoms. The van der Waals surface area contributed by atoms with Crippen LogP contribution in [0.4, 0.5) is 5.69 Å². The van der Waals surface area contributed by atoms with Gasteiger partial charge in [-0.15, -0.1) is 0 Å². The second kappa shape index (κ2) is 5.71. The lowest BCUT2D eigenvalue weighted by atomic mass is 10.1. The van der Waals surface area contributed by atoms with Gasteiger partial charge < -0.3 is 10.4 Å². The minimum atomic E-state index is -0.866. The number of carboxylic acids is 1. The van der Waals surface area contributed by atoms with Gasteiger partial charge in [-0.2, -0.15) is 0 Å². The predicted molar refractivity (Wildman–Crippen MR) is 73.2 cm³/mol. The average Bonchev–Trinajstić information content (AvgIpc) is 2.81. The van der Waals surface area contributed by atoms with Crippen LogP contribution in [0.25, 0.3) is 0 Å². The Hall–Kier alpha value is -1.77. The molecule has 2 rings (SSSR count). The molecule has 1 aliphatic rings. The highest BCUT2D eigenvalue weighted by Gasteiger charge is 2.07. The number of rotatable bonds is 5. The summed E-state index contributed by atoms with van der Waals surface area (Å²) in [6.45, 7) is 2.74. The summed E-state index contributed by atoms with van der Waals surface area (Å²) >= 11 is 0. The molecule has 0 unspecified atom stereocenters. The van der Waals surface area contributed by atoms with Crippen molar-refractivity contribution < 1.29 is 9.90 Å². The van der Waals surface area contributed by atoms with Crippen molar-refractivity contribution in [2.45, 2.75) is 32.6 Å². The fraction of sp³-hybridized carbons (Fsp3) is 0.400. The molecule has 96 valence electrons. The number of carbonyl (C=O) groups is 1. The van der Waals surface area contributed by atoms with E-state index in [-0.39, 0.29) is 0 Å². The third-order valence-electron chi connectivity index (χ3n) is 3.37. The van der Waals surface area contributed by atoms with E-state index in [9.17, 15) is 4.79 Å². The van der Waals surface area contributed by atoms with Gasteiger partial charge in [0, 0.05) is 12.2 Å². The van der Waals surface area contributed by atoms with Gasteiger partial charge >= 0.3 is 5.97 Å². The van der Waals surface area contributed by atoms with E-state index in [0.717, 1.165) is 24.2 Å². The van der Waals surface area contributed by atoms with Gasteiger partial charge in [-0.1, -0.05) is 11.6 Å². The Morgan fingerprint density at radius 3 is 2.89 bits per heavy atom. The summed E-state index contributed by atoms with van der Waals surface area (Å²) in [5.41, 5.74) is 3.71. The molecule has 0 saturated heterocycles. The molecule has 0 amide bonds. The number of benzene rings is 1. The zero-order chi connectivity index (χ0) is 13.0. The first-order valence-corrected chi connectivity index (χ1v) is 6.42. The third kappa shape index (κ3) is 3.13. The lowest BCUT2D eigenvalue weighted by Crippen LogP contribution is -2.04.